The van der Waals surface area contributed by atoms with Crippen molar-refractivity contribution in [3.05, 3.63) is 29.8 Å². The molecule has 1 aliphatic heterocycles. The highest BCUT2D eigenvalue weighted by Gasteiger charge is 2.55. The van der Waals surface area contributed by atoms with Gasteiger partial charge in [-0.15, -0.1) is 0 Å². The van der Waals surface area contributed by atoms with Gasteiger partial charge in [0.2, 0.25) is 5.67 Å². The first-order valence-corrected chi connectivity index (χ1v) is 8.35. The van der Waals surface area contributed by atoms with Gasteiger partial charge in [0, 0.05) is 25.0 Å². The van der Waals surface area contributed by atoms with Crippen LogP contribution in [0.15, 0.2) is 24.3 Å². The van der Waals surface area contributed by atoms with E-state index < -0.39 is 17.6 Å². The lowest BCUT2D eigenvalue weighted by molar-refractivity contribution is -0.151. The molecular weight excluding hydrogens is 297 g/mol. The van der Waals surface area contributed by atoms with E-state index in [1.807, 2.05) is 0 Å². The van der Waals surface area contributed by atoms with E-state index >= 15 is 4.39 Å². The number of hydrogen-bond donors (Lipinski definition) is 1. The molecule has 4 nitrogen and oxygen atoms in total. The van der Waals surface area contributed by atoms with E-state index in [1.165, 1.54) is 6.42 Å². The molecule has 1 saturated heterocycles. The van der Waals surface area contributed by atoms with Gasteiger partial charge in [-0.1, -0.05) is 31.4 Å². The maximum Gasteiger partial charge on any atom is 0.343 e. The molecule has 0 aromatic heterocycles. The molecule has 2 fully saturated rings. The summed E-state index contributed by atoms with van der Waals surface area (Å²) in [5, 5.41) is 9.49. The maximum absolute atomic E-state index is 15.3. The lowest BCUT2D eigenvalue weighted by Crippen LogP contribution is -2.42. The lowest BCUT2D eigenvalue weighted by atomic mass is 9.86. The van der Waals surface area contributed by atoms with Crippen molar-refractivity contribution >= 4 is 5.97 Å². The summed E-state index contributed by atoms with van der Waals surface area (Å²) in [6.45, 7) is 0.462. The van der Waals surface area contributed by atoms with E-state index in [0.29, 0.717) is 18.3 Å². The molecular formula is C18H24FNO3. The molecule has 3 rings (SSSR count). The molecule has 2 aliphatic rings. The molecule has 0 amide bonds. The third kappa shape index (κ3) is 3.07. The largest absolute Gasteiger partial charge is 0.497 e. The Labute approximate surface area is 136 Å². The topological polar surface area (TPSA) is 49.8 Å². The van der Waals surface area contributed by atoms with Crippen molar-refractivity contribution in [2.24, 2.45) is 0 Å². The van der Waals surface area contributed by atoms with Crippen LogP contribution in [-0.4, -0.2) is 47.9 Å². The van der Waals surface area contributed by atoms with Gasteiger partial charge in [-0.2, -0.15) is 0 Å². The zero-order valence-corrected chi connectivity index (χ0v) is 13.5. The highest BCUT2D eigenvalue weighted by Crippen LogP contribution is 2.42. The summed E-state index contributed by atoms with van der Waals surface area (Å²) in [6.07, 6.45) is 5.63. The van der Waals surface area contributed by atoms with Gasteiger partial charge >= 0.3 is 5.97 Å². The van der Waals surface area contributed by atoms with Crippen LogP contribution in [-0.2, 0) is 4.79 Å². The maximum atomic E-state index is 15.3. The second-order valence-corrected chi connectivity index (χ2v) is 6.71. The summed E-state index contributed by atoms with van der Waals surface area (Å²) < 4.78 is 20.4. The number of benzene rings is 1. The Morgan fingerprint density at radius 1 is 1.26 bits per heavy atom. The highest BCUT2D eigenvalue weighted by atomic mass is 19.1. The quantitative estimate of drug-likeness (QED) is 0.925. The van der Waals surface area contributed by atoms with Crippen LogP contribution in [0.25, 0.3) is 0 Å². The van der Waals surface area contributed by atoms with Crippen molar-refractivity contribution in [2.45, 2.75) is 49.7 Å². The first kappa shape index (κ1) is 16.2. The minimum Gasteiger partial charge on any atom is -0.497 e. The van der Waals surface area contributed by atoms with Crippen LogP contribution in [0.4, 0.5) is 4.39 Å². The van der Waals surface area contributed by atoms with Crippen LogP contribution in [0.3, 0.4) is 0 Å². The van der Waals surface area contributed by atoms with Gasteiger partial charge in [-0.25, -0.2) is 9.18 Å². The standard InChI is InChI=1S/C18H24FNO3/c1-23-15-9-7-13(8-10-15)16-11-20(12-18(16,19)17(21)22)14-5-3-2-4-6-14/h7-10,14,16H,2-6,11-12H2,1H3,(H,21,22)/t16-,18-/m0/s1. The Bertz CT molecular complexity index is 556. The SMILES string of the molecule is COc1ccc([C@@H]2CN(C3CCCCC3)C[C@@]2(F)C(=O)O)cc1. The third-order valence-corrected chi connectivity index (χ3v) is 5.37. The molecule has 1 aliphatic carbocycles. The number of alkyl halides is 1. The predicted octanol–water partition coefficient (Wildman–Crippen LogP) is 3.22. The van der Waals surface area contributed by atoms with E-state index in [4.69, 9.17) is 4.74 Å². The zero-order valence-electron chi connectivity index (χ0n) is 13.5. The number of aliphatic carboxylic acids is 1. The summed E-state index contributed by atoms with van der Waals surface area (Å²) in [6, 6.07) is 7.42. The zero-order chi connectivity index (χ0) is 16.4. The van der Waals surface area contributed by atoms with Crippen molar-refractivity contribution in [2.75, 3.05) is 20.2 Å². The van der Waals surface area contributed by atoms with Crippen LogP contribution in [0.5, 0.6) is 5.75 Å². The first-order valence-electron chi connectivity index (χ1n) is 8.35. The van der Waals surface area contributed by atoms with Crippen molar-refractivity contribution in [3.63, 3.8) is 0 Å². The van der Waals surface area contributed by atoms with E-state index in [9.17, 15) is 9.90 Å². The molecule has 0 bridgehead atoms. The average Bonchev–Trinajstić information content (AvgIpc) is 2.95. The molecule has 0 radical (unpaired) electrons. The fourth-order valence-corrected chi connectivity index (χ4v) is 4.00. The number of rotatable bonds is 4. The number of carboxylic acids is 1. The monoisotopic (exact) mass is 321 g/mol. The van der Waals surface area contributed by atoms with Crippen molar-refractivity contribution < 1.29 is 19.0 Å². The van der Waals surface area contributed by atoms with E-state index in [2.05, 4.69) is 4.90 Å². The minimum absolute atomic E-state index is 0.0102. The first-order chi connectivity index (χ1) is 11.0. The van der Waals surface area contributed by atoms with Gasteiger partial charge in [-0.05, 0) is 30.5 Å². The fourth-order valence-electron chi connectivity index (χ4n) is 4.00. The van der Waals surface area contributed by atoms with Gasteiger partial charge in [0.05, 0.1) is 7.11 Å². The third-order valence-electron chi connectivity index (χ3n) is 5.37. The molecule has 126 valence electrons. The van der Waals surface area contributed by atoms with Crippen molar-refractivity contribution in [1.82, 2.24) is 4.90 Å². The Morgan fingerprint density at radius 2 is 1.91 bits per heavy atom. The van der Waals surface area contributed by atoms with Crippen LogP contribution in [0.2, 0.25) is 0 Å². The normalized spacial score (nSPS) is 29.6. The Morgan fingerprint density at radius 3 is 2.48 bits per heavy atom. The van der Waals surface area contributed by atoms with Crippen molar-refractivity contribution in [3.8, 4) is 5.75 Å². The summed E-state index contributed by atoms with van der Waals surface area (Å²) in [7, 11) is 1.58. The van der Waals surface area contributed by atoms with Gasteiger partial charge in [0.1, 0.15) is 5.75 Å². The van der Waals surface area contributed by atoms with E-state index in [-0.39, 0.29) is 6.54 Å². The van der Waals surface area contributed by atoms with Crippen LogP contribution in [0.1, 0.15) is 43.6 Å². The minimum atomic E-state index is -2.22. The molecule has 2 atom stereocenters. The molecule has 1 aromatic carbocycles. The van der Waals surface area contributed by atoms with E-state index in [1.54, 1.807) is 31.4 Å². The number of ether oxygens (including phenoxy) is 1. The molecule has 1 aromatic rings. The Hall–Kier alpha value is -1.62. The Balaban J connectivity index is 1.84. The molecule has 23 heavy (non-hydrogen) atoms. The number of carboxylic acid groups (broad SMARTS) is 1. The predicted molar refractivity (Wildman–Crippen MR) is 85.7 cm³/mol. The fraction of sp³-hybridized carbons (Fsp3) is 0.611. The number of carbonyl (C=O) groups is 1. The number of nitrogens with zero attached hydrogens (tertiary/aromatic N) is 1. The molecule has 1 saturated carbocycles. The number of methoxy groups -OCH3 is 1. The summed E-state index contributed by atoms with van der Waals surface area (Å²) in [5.74, 6) is -1.29. The number of hydrogen-bond acceptors (Lipinski definition) is 3. The second kappa shape index (κ2) is 6.48. The lowest BCUT2D eigenvalue weighted by Gasteiger charge is -2.31. The molecule has 5 heteroatoms. The van der Waals surface area contributed by atoms with Gasteiger partial charge in [0.25, 0.3) is 0 Å². The smallest absolute Gasteiger partial charge is 0.343 e. The molecule has 1 N–H and O–H groups in total. The van der Waals surface area contributed by atoms with Crippen molar-refractivity contribution in [1.29, 1.82) is 0 Å². The van der Waals surface area contributed by atoms with E-state index in [0.717, 1.165) is 31.2 Å². The number of likely N-dealkylation sites (tertiary alicyclic amines) is 1. The van der Waals surface area contributed by atoms with Crippen LogP contribution in [0, 0.1) is 0 Å². The second-order valence-electron chi connectivity index (χ2n) is 6.71. The summed E-state index contributed by atoms with van der Waals surface area (Å²) in [5.41, 5.74) is -1.49. The highest BCUT2D eigenvalue weighted by molar-refractivity contribution is 5.80. The number of halogens is 1. The molecule has 0 unspecified atom stereocenters. The van der Waals surface area contributed by atoms with Crippen LogP contribution < -0.4 is 4.74 Å². The summed E-state index contributed by atoms with van der Waals surface area (Å²) in [4.78, 5) is 13.7. The average molecular weight is 321 g/mol. The van der Waals surface area contributed by atoms with Gasteiger partial charge < -0.3 is 9.84 Å². The molecule has 0 spiro atoms. The van der Waals surface area contributed by atoms with Gasteiger partial charge in [-0.3, -0.25) is 4.90 Å². The summed E-state index contributed by atoms with van der Waals surface area (Å²) >= 11 is 0. The van der Waals surface area contributed by atoms with Crippen LogP contribution >= 0.6 is 0 Å². The Kier molecular flexibility index (Phi) is 4.57. The molecule has 1 heterocycles. The van der Waals surface area contributed by atoms with Gasteiger partial charge in [0.15, 0.2) is 0 Å².